The minimum Gasteiger partial charge on any atom is -0.497 e. The normalized spacial score (nSPS) is 23.2. The van der Waals surface area contributed by atoms with Crippen LogP contribution < -0.4 is 9.64 Å². The molecule has 0 aliphatic heterocycles. The van der Waals surface area contributed by atoms with Crippen LogP contribution in [0.2, 0.25) is 0 Å². The molecule has 0 saturated heterocycles. The third kappa shape index (κ3) is 3.15. The molecule has 4 rings (SSSR count). The summed E-state index contributed by atoms with van der Waals surface area (Å²) < 4.78 is 7.06. The van der Waals surface area contributed by atoms with Crippen LogP contribution in [0.4, 0.5) is 5.69 Å². The van der Waals surface area contributed by atoms with Crippen LogP contribution in [-0.2, 0) is 11.8 Å². The third-order valence-electron chi connectivity index (χ3n) is 5.56. The highest BCUT2D eigenvalue weighted by Gasteiger charge is 2.48. The summed E-state index contributed by atoms with van der Waals surface area (Å²) in [5, 5.41) is 4.24. The van der Waals surface area contributed by atoms with Crippen molar-refractivity contribution < 1.29 is 9.53 Å². The van der Waals surface area contributed by atoms with Gasteiger partial charge in [0.1, 0.15) is 5.75 Å². The maximum atomic E-state index is 13.3. The molecule has 1 amide bonds. The van der Waals surface area contributed by atoms with Crippen molar-refractivity contribution >= 4 is 11.6 Å². The molecule has 5 nitrogen and oxygen atoms in total. The van der Waals surface area contributed by atoms with E-state index in [2.05, 4.69) is 12.0 Å². The minimum atomic E-state index is 0.0764. The number of amides is 1. The van der Waals surface area contributed by atoms with Gasteiger partial charge in [-0.3, -0.25) is 9.48 Å². The Morgan fingerprint density at radius 1 is 1.32 bits per heavy atom. The zero-order chi connectivity index (χ0) is 17.6. The fourth-order valence-corrected chi connectivity index (χ4v) is 3.74. The van der Waals surface area contributed by atoms with Crippen molar-refractivity contribution in [3.05, 3.63) is 42.2 Å². The summed E-state index contributed by atoms with van der Waals surface area (Å²) in [6.07, 6.45) is 7.28. The van der Waals surface area contributed by atoms with Gasteiger partial charge in [-0.1, -0.05) is 0 Å². The van der Waals surface area contributed by atoms with E-state index in [4.69, 9.17) is 4.74 Å². The molecule has 25 heavy (non-hydrogen) atoms. The van der Waals surface area contributed by atoms with Gasteiger partial charge in [0.2, 0.25) is 5.91 Å². The van der Waals surface area contributed by atoms with Crippen molar-refractivity contribution in [1.29, 1.82) is 0 Å². The zero-order valence-corrected chi connectivity index (χ0v) is 15.1. The Kier molecular flexibility index (Phi) is 4.02. The molecule has 5 heteroatoms. The summed E-state index contributed by atoms with van der Waals surface area (Å²) in [6, 6.07) is 8.10. The number of benzene rings is 1. The maximum absolute atomic E-state index is 13.3. The van der Waals surface area contributed by atoms with Gasteiger partial charge >= 0.3 is 0 Å². The molecule has 0 spiro atoms. The number of carbonyl (C=O) groups excluding carboxylic acids is 1. The van der Waals surface area contributed by atoms with Gasteiger partial charge in [-0.25, -0.2) is 0 Å². The summed E-state index contributed by atoms with van der Waals surface area (Å²) in [5.74, 6) is 2.08. The summed E-state index contributed by atoms with van der Waals surface area (Å²) in [4.78, 5) is 15.3. The van der Waals surface area contributed by atoms with Crippen molar-refractivity contribution in [2.75, 3.05) is 12.0 Å². The van der Waals surface area contributed by atoms with Gasteiger partial charge in [-0.2, -0.15) is 5.10 Å². The highest BCUT2D eigenvalue weighted by atomic mass is 16.5. The first kappa shape index (κ1) is 16.2. The van der Waals surface area contributed by atoms with Gasteiger partial charge < -0.3 is 9.64 Å². The van der Waals surface area contributed by atoms with Gasteiger partial charge in [0.05, 0.1) is 13.3 Å². The standard InChI is InChI=1S/C20H25N3O2/c1-13(14-4-5-14)23(16-6-8-17(25-3)9-7-16)20(24)19-10-18(19)15-11-21-22(2)12-15/h6-9,11-14,18-19H,4-5,10H2,1-3H3/t13-,18+,19-/m1/s1. The van der Waals surface area contributed by atoms with E-state index >= 15 is 0 Å². The predicted molar refractivity (Wildman–Crippen MR) is 96.7 cm³/mol. The van der Waals surface area contributed by atoms with Crippen molar-refractivity contribution in [1.82, 2.24) is 9.78 Å². The fraction of sp³-hybridized carbons (Fsp3) is 0.500. The number of ether oxygens (including phenoxy) is 1. The topological polar surface area (TPSA) is 47.4 Å². The SMILES string of the molecule is COc1ccc(N(C(=O)[C@@H]2C[C@H]2c2cnn(C)c2)[C@H](C)C2CC2)cc1. The van der Waals surface area contributed by atoms with E-state index in [0.717, 1.165) is 17.9 Å². The fourth-order valence-electron chi connectivity index (χ4n) is 3.74. The van der Waals surface area contributed by atoms with Crippen molar-refractivity contribution in [3.8, 4) is 5.75 Å². The predicted octanol–water partition coefficient (Wildman–Crippen LogP) is 3.36. The Hall–Kier alpha value is -2.30. The minimum absolute atomic E-state index is 0.0764. The van der Waals surface area contributed by atoms with Gasteiger partial charge in [0, 0.05) is 30.9 Å². The number of rotatable bonds is 6. The van der Waals surface area contributed by atoms with Gasteiger partial charge in [0.15, 0.2) is 0 Å². The average molecular weight is 339 g/mol. The van der Waals surface area contributed by atoms with E-state index in [1.54, 1.807) is 7.11 Å². The lowest BCUT2D eigenvalue weighted by atomic mass is 10.1. The highest BCUT2D eigenvalue weighted by Crippen LogP contribution is 2.50. The lowest BCUT2D eigenvalue weighted by molar-refractivity contribution is -0.120. The van der Waals surface area contributed by atoms with E-state index in [1.165, 1.54) is 18.4 Å². The number of aryl methyl sites for hydroxylation is 1. The number of carbonyl (C=O) groups is 1. The maximum Gasteiger partial charge on any atom is 0.230 e. The first-order valence-electron chi connectivity index (χ1n) is 9.04. The number of hydrogen-bond acceptors (Lipinski definition) is 3. The van der Waals surface area contributed by atoms with Crippen molar-refractivity contribution in [3.63, 3.8) is 0 Å². The Morgan fingerprint density at radius 3 is 2.60 bits per heavy atom. The Labute approximate surface area is 148 Å². The van der Waals surface area contributed by atoms with Gasteiger partial charge in [-0.05, 0) is 67.9 Å². The van der Waals surface area contributed by atoms with Crippen LogP contribution in [0.1, 0.15) is 37.7 Å². The summed E-state index contributed by atoms with van der Waals surface area (Å²) in [7, 11) is 3.58. The van der Waals surface area contributed by atoms with Crippen LogP contribution in [0, 0.1) is 11.8 Å². The molecule has 3 atom stereocenters. The van der Waals surface area contributed by atoms with Gasteiger partial charge in [-0.15, -0.1) is 0 Å². The molecular weight excluding hydrogens is 314 g/mol. The highest BCUT2D eigenvalue weighted by molar-refractivity contribution is 5.98. The summed E-state index contributed by atoms with van der Waals surface area (Å²) in [5.41, 5.74) is 2.15. The molecule has 2 fully saturated rings. The Morgan fingerprint density at radius 2 is 2.04 bits per heavy atom. The lowest BCUT2D eigenvalue weighted by Crippen LogP contribution is -2.41. The molecule has 132 valence electrons. The van der Waals surface area contributed by atoms with Crippen LogP contribution in [-0.4, -0.2) is 28.8 Å². The molecule has 2 aliphatic rings. The largest absolute Gasteiger partial charge is 0.497 e. The van der Waals surface area contributed by atoms with E-state index in [9.17, 15) is 4.79 Å². The van der Waals surface area contributed by atoms with Crippen LogP contribution in [0.5, 0.6) is 5.75 Å². The molecule has 1 aromatic carbocycles. The molecule has 2 aromatic rings. The number of anilines is 1. The average Bonchev–Trinajstić information content (AvgIpc) is 3.53. The molecule has 2 saturated carbocycles. The second-order valence-corrected chi connectivity index (χ2v) is 7.38. The molecular formula is C20H25N3O2. The molecule has 0 unspecified atom stereocenters. The molecule has 1 heterocycles. The number of aromatic nitrogens is 2. The number of hydrogen-bond donors (Lipinski definition) is 0. The first-order chi connectivity index (χ1) is 12.1. The van der Waals surface area contributed by atoms with E-state index < -0.39 is 0 Å². The third-order valence-corrected chi connectivity index (χ3v) is 5.56. The van der Waals surface area contributed by atoms with Gasteiger partial charge in [0.25, 0.3) is 0 Å². The van der Waals surface area contributed by atoms with Crippen molar-refractivity contribution in [2.45, 2.75) is 38.1 Å². The number of methoxy groups -OCH3 is 1. The molecule has 2 aliphatic carbocycles. The summed E-state index contributed by atoms with van der Waals surface area (Å²) in [6.45, 7) is 2.18. The van der Waals surface area contributed by atoms with Crippen LogP contribution in [0.3, 0.4) is 0 Å². The zero-order valence-electron chi connectivity index (χ0n) is 15.1. The van der Waals surface area contributed by atoms with E-state index in [0.29, 0.717) is 11.8 Å². The second-order valence-electron chi connectivity index (χ2n) is 7.38. The molecule has 0 N–H and O–H groups in total. The van der Waals surface area contributed by atoms with E-state index in [1.807, 2.05) is 53.3 Å². The first-order valence-corrected chi connectivity index (χ1v) is 9.04. The lowest BCUT2D eigenvalue weighted by Gasteiger charge is -2.30. The van der Waals surface area contributed by atoms with Crippen LogP contribution in [0.25, 0.3) is 0 Å². The van der Waals surface area contributed by atoms with E-state index in [-0.39, 0.29) is 17.9 Å². The monoisotopic (exact) mass is 339 g/mol. The molecule has 1 aromatic heterocycles. The quantitative estimate of drug-likeness (QED) is 0.811. The molecule has 0 bridgehead atoms. The second kappa shape index (κ2) is 6.21. The Balaban J connectivity index is 1.56. The summed E-state index contributed by atoms with van der Waals surface area (Å²) >= 11 is 0. The molecule has 0 radical (unpaired) electrons. The van der Waals surface area contributed by atoms with Crippen molar-refractivity contribution in [2.24, 2.45) is 18.9 Å². The van der Waals surface area contributed by atoms with Crippen LogP contribution >= 0.6 is 0 Å². The van der Waals surface area contributed by atoms with Crippen LogP contribution in [0.15, 0.2) is 36.7 Å². The number of nitrogens with zero attached hydrogens (tertiary/aromatic N) is 3. The smallest absolute Gasteiger partial charge is 0.230 e. The Bertz CT molecular complexity index is 764.